The van der Waals surface area contributed by atoms with Gasteiger partial charge in [-0.25, -0.2) is 8.42 Å². The van der Waals surface area contributed by atoms with Gasteiger partial charge < -0.3 is 4.84 Å². The average molecular weight is 555 g/mol. The fraction of sp³-hybridized carbons (Fsp3) is 0.364. The number of carbonyl (C=O) groups excluding carboxylic acids is 1. The van der Waals surface area contributed by atoms with E-state index in [1.165, 1.54) is 24.3 Å². The van der Waals surface area contributed by atoms with Crippen molar-refractivity contribution in [3.05, 3.63) is 68.7 Å². The smallest absolute Gasteiger partial charge is 0.372 e. The Morgan fingerprint density at radius 2 is 1.76 bits per heavy atom. The molecule has 0 aliphatic carbocycles. The van der Waals surface area contributed by atoms with Crippen molar-refractivity contribution in [2.75, 3.05) is 11.5 Å². The number of halogens is 6. The van der Waals surface area contributed by atoms with E-state index < -0.39 is 32.6 Å². The lowest BCUT2D eigenvalue weighted by molar-refractivity contribution is -0.274. The third-order valence-electron chi connectivity index (χ3n) is 5.87. The van der Waals surface area contributed by atoms with Crippen molar-refractivity contribution >= 4 is 56.1 Å². The molecule has 0 N–H and O–H groups in total. The summed E-state index contributed by atoms with van der Waals surface area (Å²) < 4.78 is 65.6. The van der Waals surface area contributed by atoms with E-state index in [0.717, 1.165) is 12.1 Å². The predicted octanol–water partition coefficient (Wildman–Crippen LogP) is 5.72. The molecular formula is C22H17Cl3F3NO4S. The normalized spacial score (nSPS) is 24.3. The highest BCUT2D eigenvalue weighted by Crippen LogP contribution is 2.51. The van der Waals surface area contributed by atoms with Crippen LogP contribution in [0.1, 0.15) is 33.5 Å². The molecule has 0 spiro atoms. The van der Waals surface area contributed by atoms with Gasteiger partial charge in [0.05, 0.1) is 11.5 Å². The molecular weight excluding hydrogens is 538 g/mol. The third kappa shape index (κ3) is 4.43. The SMILES string of the molecule is Cc1cc(C2=NOC(c3cc(Cl)cc(Cl)c3)(C(F)(F)F)C2Cl)ccc1C(=O)CC1CS(=O)(=O)C1. The first-order valence-corrected chi connectivity index (χ1v) is 13.0. The number of hydrogen-bond donors (Lipinski definition) is 0. The highest BCUT2D eigenvalue weighted by Gasteiger charge is 2.68. The van der Waals surface area contributed by atoms with Crippen molar-refractivity contribution in [2.45, 2.75) is 30.5 Å². The van der Waals surface area contributed by atoms with E-state index in [9.17, 15) is 26.4 Å². The Morgan fingerprint density at radius 3 is 2.29 bits per heavy atom. The van der Waals surface area contributed by atoms with Crippen LogP contribution in [0.2, 0.25) is 10.0 Å². The third-order valence-corrected chi connectivity index (χ3v) is 8.78. The Balaban J connectivity index is 1.63. The summed E-state index contributed by atoms with van der Waals surface area (Å²) in [4.78, 5) is 17.6. The maximum absolute atomic E-state index is 14.3. The molecule has 2 aliphatic heterocycles. The molecule has 12 heteroatoms. The summed E-state index contributed by atoms with van der Waals surface area (Å²) >= 11 is 18.2. The number of nitrogens with zero attached hydrogens (tertiary/aromatic N) is 1. The van der Waals surface area contributed by atoms with Gasteiger partial charge in [0, 0.05) is 33.2 Å². The number of Topliss-reactive ketones (excluding diaryl/α,β-unsaturated/α-hetero) is 1. The van der Waals surface area contributed by atoms with Crippen LogP contribution < -0.4 is 0 Å². The number of ketones is 1. The first-order chi connectivity index (χ1) is 15.7. The van der Waals surface area contributed by atoms with Crippen molar-refractivity contribution in [3.63, 3.8) is 0 Å². The molecule has 2 aromatic carbocycles. The first kappa shape index (κ1) is 25.3. The van der Waals surface area contributed by atoms with Gasteiger partial charge in [0.2, 0.25) is 0 Å². The van der Waals surface area contributed by atoms with Crippen molar-refractivity contribution in [1.29, 1.82) is 0 Å². The van der Waals surface area contributed by atoms with Crippen LogP contribution in [-0.2, 0) is 20.3 Å². The van der Waals surface area contributed by atoms with Crippen LogP contribution >= 0.6 is 34.8 Å². The second-order valence-corrected chi connectivity index (χ2v) is 11.9. The molecule has 5 nitrogen and oxygen atoms in total. The summed E-state index contributed by atoms with van der Waals surface area (Å²) in [5.41, 5.74) is -2.48. The zero-order chi connectivity index (χ0) is 25.1. The van der Waals surface area contributed by atoms with Crippen LogP contribution in [0.25, 0.3) is 0 Å². The molecule has 182 valence electrons. The van der Waals surface area contributed by atoms with E-state index in [0.29, 0.717) is 11.1 Å². The Bertz CT molecular complexity index is 1280. The summed E-state index contributed by atoms with van der Waals surface area (Å²) in [6.07, 6.45) is -4.89. The predicted molar refractivity (Wildman–Crippen MR) is 124 cm³/mol. The van der Waals surface area contributed by atoms with E-state index in [4.69, 9.17) is 39.6 Å². The number of hydrogen-bond acceptors (Lipinski definition) is 5. The Hall–Kier alpha value is -1.81. The molecule has 2 aromatic rings. The number of carbonyl (C=O) groups is 1. The molecule has 1 fully saturated rings. The van der Waals surface area contributed by atoms with Crippen molar-refractivity contribution in [3.8, 4) is 0 Å². The van der Waals surface area contributed by atoms with E-state index in [1.807, 2.05) is 0 Å². The molecule has 0 saturated carbocycles. The molecule has 0 amide bonds. The molecule has 1 saturated heterocycles. The van der Waals surface area contributed by atoms with E-state index >= 15 is 0 Å². The summed E-state index contributed by atoms with van der Waals surface area (Å²) in [6.45, 7) is 1.63. The molecule has 2 aliphatic rings. The summed E-state index contributed by atoms with van der Waals surface area (Å²) in [6, 6.07) is 7.84. The Kier molecular flexibility index (Phi) is 6.46. The lowest BCUT2D eigenvalue weighted by atomic mass is 9.85. The van der Waals surface area contributed by atoms with Crippen LogP contribution in [0.5, 0.6) is 0 Å². The number of aryl methyl sites for hydroxylation is 1. The average Bonchev–Trinajstić information content (AvgIpc) is 3.03. The van der Waals surface area contributed by atoms with Gasteiger partial charge in [-0.1, -0.05) is 40.5 Å². The van der Waals surface area contributed by atoms with Gasteiger partial charge in [0.1, 0.15) is 11.1 Å². The lowest BCUT2D eigenvalue weighted by Crippen LogP contribution is -2.50. The standard InChI is InChI=1S/C22H17Cl3F3NO4S/c1-11-4-13(2-3-17(11)18(30)5-12-9-34(31,32)10-12)19-20(25)21(33-29-19,22(26,27)28)14-6-15(23)8-16(24)7-14/h2-4,6-8,12,20H,5,9-10H2,1H3. The number of alkyl halides is 4. The Morgan fingerprint density at radius 1 is 1.15 bits per heavy atom. The minimum Gasteiger partial charge on any atom is -0.372 e. The summed E-state index contributed by atoms with van der Waals surface area (Å²) in [5.74, 6) is -0.516. The number of oxime groups is 1. The number of sulfone groups is 1. The monoisotopic (exact) mass is 553 g/mol. The van der Waals surface area contributed by atoms with Crippen molar-refractivity contribution < 1.29 is 31.2 Å². The van der Waals surface area contributed by atoms with Gasteiger partial charge >= 0.3 is 6.18 Å². The van der Waals surface area contributed by atoms with Gasteiger partial charge in [0.25, 0.3) is 5.60 Å². The lowest BCUT2D eigenvalue weighted by Gasteiger charge is -2.32. The molecule has 0 aromatic heterocycles. The van der Waals surface area contributed by atoms with Gasteiger partial charge in [-0.3, -0.25) is 4.79 Å². The van der Waals surface area contributed by atoms with E-state index in [-0.39, 0.29) is 50.9 Å². The minimum absolute atomic E-state index is 0.0228. The van der Waals surface area contributed by atoms with Crippen LogP contribution in [0.15, 0.2) is 41.6 Å². The molecule has 4 rings (SSSR count). The topological polar surface area (TPSA) is 72.8 Å². The second kappa shape index (κ2) is 8.69. The molecule has 2 heterocycles. The van der Waals surface area contributed by atoms with Gasteiger partial charge in [-0.15, -0.1) is 11.6 Å². The maximum atomic E-state index is 14.3. The van der Waals surface area contributed by atoms with Crippen molar-refractivity contribution in [1.82, 2.24) is 0 Å². The van der Waals surface area contributed by atoms with Crippen LogP contribution in [0, 0.1) is 12.8 Å². The zero-order valence-corrected chi connectivity index (χ0v) is 20.6. The maximum Gasteiger partial charge on any atom is 0.437 e. The second-order valence-electron chi connectivity index (χ2n) is 8.42. The fourth-order valence-electron chi connectivity index (χ4n) is 4.23. The van der Waals surface area contributed by atoms with Crippen molar-refractivity contribution in [2.24, 2.45) is 11.1 Å². The number of rotatable bonds is 5. The summed E-state index contributed by atoms with van der Waals surface area (Å²) in [7, 11) is -3.05. The Labute approximate surface area is 208 Å². The largest absolute Gasteiger partial charge is 0.437 e. The van der Waals surface area contributed by atoms with Gasteiger partial charge in [0.15, 0.2) is 15.6 Å². The van der Waals surface area contributed by atoms with E-state index in [1.54, 1.807) is 6.92 Å². The first-order valence-electron chi connectivity index (χ1n) is 10.0. The molecule has 0 bridgehead atoms. The fourth-order valence-corrected chi connectivity index (χ4v) is 6.78. The van der Waals surface area contributed by atoms with Crippen LogP contribution in [0.4, 0.5) is 13.2 Å². The molecule has 2 unspecified atom stereocenters. The molecule has 2 atom stereocenters. The zero-order valence-electron chi connectivity index (χ0n) is 17.5. The van der Waals surface area contributed by atoms with Gasteiger partial charge in [-0.2, -0.15) is 13.2 Å². The minimum atomic E-state index is -4.97. The van der Waals surface area contributed by atoms with Gasteiger partial charge in [-0.05, 0) is 42.7 Å². The quantitative estimate of drug-likeness (QED) is 0.350. The summed E-state index contributed by atoms with van der Waals surface area (Å²) in [5, 5.41) is 1.85. The molecule has 34 heavy (non-hydrogen) atoms. The van der Waals surface area contributed by atoms with E-state index in [2.05, 4.69) is 5.16 Å². The van der Waals surface area contributed by atoms with Crippen LogP contribution in [-0.4, -0.2) is 43.0 Å². The highest BCUT2D eigenvalue weighted by atomic mass is 35.5. The number of benzene rings is 2. The molecule has 0 radical (unpaired) electrons. The highest BCUT2D eigenvalue weighted by molar-refractivity contribution is 7.92. The van der Waals surface area contributed by atoms with Crippen LogP contribution in [0.3, 0.4) is 0 Å².